The molecule has 0 saturated heterocycles. The van der Waals surface area contributed by atoms with Crippen LogP contribution in [0.3, 0.4) is 0 Å². The van der Waals surface area contributed by atoms with Crippen molar-refractivity contribution < 1.29 is 18.3 Å². The fourth-order valence-electron chi connectivity index (χ4n) is 1.46. The van der Waals surface area contributed by atoms with Crippen LogP contribution in [0.2, 0.25) is 0 Å². The first kappa shape index (κ1) is 13.9. The molecule has 4 nitrogen and oxygen atoms in total. The SMILES string of the molecule is CCC(=O)Nc1cc(Oc2cc(F)ccc2F)ccn1. The van der Waals surface area contributed by atoms with E-state index in [9.17, 15) is 13.6 Å². The number of carbonyl (C=O) groups is 1. The number of ether oxygens (including phenoxy) is 1. The van der Waals surface area contributed by atoms with Crippen LogP contribution in [-0.2, 0) is 4.79 Å². The number of rotatable bonds is 4. The average molecular weight is 278 g/mol. The van der Waals surface area contributed by atoms with E-state index in [-0.39, 0.29) is 23.2 Å². The first-order chi connectivity index (χ1) is 9.58. The van der Waals surface area contributed by atoms with Gasteiger partial charge in [-0.25, -0.2) is 13.8 Å². The van der Waals surface area contributed by atoms with E-state index < -0.39 is 11.6 Å². The zero-order valence-electron chi connectivity index (χ0n) is 10.7. The third-order valence-electron chi connectivity index (χ3n) is 2.44. The number of amides is 1. The summed E-state index contributed by atoms with van der Waals surface area (Å²) in [5, 5.41) is 2.55. The summed E-state index contributed by atoms with van der Waals surface area (Å²) in [7, 11) is 0. The molecule has 0 radical (unpaired) electrons. The Balaban J connectivity index is 2.19. The van der Waals surface area contributed by atoms with Gasteiger partial charge in [-0.2, -0.15) is 0 Å². The van der Waals surface area contributed by atoms with E-state index >= 15 is 0 Å². The third-order valence-corrected chi connectivity index (χ3v) is 2.44. The summed E-state index contributed by atoms with van der Waals surface area (Å²) in [4.78, 5) is 15.2. The predicted molar refractivity (Wildman–Crippen MR) is 69.6 cm³/mol. The van der Waals surface area contributed by atoms with Gasteiger partial charge in [0, 0.05) is 24.8 Å². The summed E-state index contributed by atoms with van der Waals surface area (Å²) in [6.45, 7) is 1.71. The molecular formula is C14H12F2N2O2. The molecule has 1 aromatic carbocycles. The Morgan fingerprint density at radius 1 is 1.30 bits per heavy atom. The number of hydrogen-bond acceptors (Lipinski definition) is 3. The van der Waals surface area contributed by atoms with E-state index in [0.29, 0.717) is 6.42 Å². The summed E-state index contributed by atoms with van der Waals surface area (Å²) >= 11 is 0. The van der Waals surface area contributed by atoms with Crippen molar-refractivity contribution in [3.05, 3.63) is 48.2 Å². The van der Waals surface area contributed by atoms with Crippen molar-refractivity contribution in [2.75, 3.05) is 5.32 Å². The Labute approximate surface area is 114 Å². The molecule has 20 heavy (non-hydrogen) atoms. The molecule has 0 unspecified atom stereocenters. The quantitative estimate of drug-likeness (QED) is 0.931. The van der Waals surface area contributed by atoms with E-state index in [1.54, 1.807) is 6.92 Å². The number of aromatic nitrogens is 1. The van der Waals surface area contributed by atoms with Crippen molar-refractivity contribution >= 4 is 11.7 Å². The second-order valence-electron chi connectivity index (χ2n) is 3.96. The summed E-state index contributed by atoms with van der Waals surface area (Å²) in [6, 6.07) is 5.83. The Bertz CT molecular complexity index is 632. The van der Waals surface area contributed by atoms with Gasteiger partial charge in [0.2, 0.25) is 5.91 Å². The molecule has 0 aliphatic heterocycles. The van der Waals surface area contributed by atoms with Gasteiger partial charge in [-0.3, -0.25) is 4.79 Å². The van der Waals surface area contributed by atoms with Crippen LogP contribution in [0.15, 0.2) is 36.5 Å². The molecule has 1 amide bonds. The summed E-state index contributed by atoms with van der Waals surface area (Å²) in [5.74, 6) is -1.19. The highest BCUT2D eigenvalue weighted by Crippen LogP contribution is 2.26. The van der Waals surface area contributed by atoms with Gasteiger partial charge in [0.25, 0.3) is 0 Å². The van der Waals surface area contributed by atoms with Crippen LogP contribution >= 0.6 is 0 Å². The van der Waals surface area contributed by atoms with Gasteiger partial charge in [0.15, 0.2) is 11.6 Å². The molecular weight excluding hydrogens is 266 g/mol. The maximum Gasteiger partial charge on any atom is 0.225 e. The average Bonchev–Trinajstić information content (AvgIpc) is 2.43. The molecule has 1 N–H and O–H groups in total. The number of nitrogens with zero attached hydrogens (tertiary/aromatic N) is 1. The van der Waals surface area contributed by atoms with Gasteiger partial charge in [0.05, 0.1) is 0 Å². The molecule has 1 heterocycles. The van der Waals surface area contributed by atoms with E-state index in [0.717, 1.165) is 18.2 Å². The molecule has 0 aliphatic carbocycles. The lowest BCUT2D eigenvalue weighted by atomic mass is 10.3. The Morgan fingerprint density at radius 3 is 2.85 bits per heavy atom. The van der Waals surface area contributed by atoms with Crippen molar-refractivity contribution in [2.24, 2.45) is 0 Å². The fourth-order valence-corrected chi connectivity index (χ4v) is 1.46. The van der Waals surface area contributed by atoms with E-state index in [1.165, 1.54) is 18.3 Å². The molecule has 0 atom stereocenters. The molecule has 0 saturated carbocycles. The molecule has 0 spiro atoms. The van der Waals surface area contributed by atoms with Gasteiger partial charge in [-0.1, -0.05) is 6.92 Å². The van der Waals surface area contributed by atoms with Crippen molar-refractivity contribution in [1.29, 1.82) is 0 Å². The number of anilines is 1. The second-order valence-corrected chi connectivity index (χ2v) is 3.96. The van der Waals surface area contributed by atoms with Gasteiger partial charge >= 0.3 is 0 Å². The van der Waals surface area contributed by atoms with Crippen molar-refractivity contribution in [3.8, 4) is 11.5 Å². The first-order valence-corrected chi connectivity index (χ1v) is 5.97. The number of halogens is 2. The largest absolute Gasteiger partial charge is 0.454 e. The van der Waals surface area contributed by atoms with Gasteiger partial charge in [-0.05, 0) is 18.2 Å². The number of pyridine rings is 1. The number of carbonyl (C=O) groups excluding carboxylic acids is 1. The standard InChI is InChI=1S/C14H12F2N2O2/c1-2-14(19)18-13-8-10(5-6-17-13)20-12-7-9(15)3-4-11(12)16/h3-8H,2H2,1H3,(H,17,18,19). The van der Waals surface area contributed by atoms with Crippen LogP contribution in [0.5, 0.6) is 11.5 Å². The fraction of sp³-hybridized carbons (Fsp3) is 0.143. The van der Waals surface area contributed by atoms with Gasteiger partial charge in [-0.15, -0.1) is 0 Å². The number of hydrogen-bond donors (Lipinski definition) is 1. The lowest BCUT2D eigenvalue weighted by Gasteiger charge is -2.08. The number of benzene rings is 1. The smallest absolute Gasteiger partial charge is 0.225 e. The van der Waals surface area contributed by atoms with Gasteiger partial charge < -0.3 is 10.1 Å². The Hall–Kier alpha value is -2.50. The number of nitrogens with one attached hydrogen (secondary N) is 1. The minimum absolute atomic E-state index is 0.202. The van der Waals surface area contributed by atoms with Crippen molar-refractivity contribution in [1.82, 2.24) is 4.98 Å². The van der Waals surface area contributed by atoms with Gasteiger partial charge in [0.1, 0.15) is 17.4 Å². The molecule has 0 fully saturated rings. The maximum absolute atomic E-state index is 13.4. The lowest BCUT2D eigenvalue weighted by molar-refractivity contribution is -0.115. The zero-order valence-corrected chi connectivity index (χ0v) is 10.7. The highest BCUT2D eigenvalue weighted by Gasteiger charge is 2.08. The van der Waals surface area contributed by atoms with Crippen LogP contribution in [0.1, 0.15) is 13.3 Å². The minimum Gasteiger partial charge on any atom is -0.454 e. The van der Waals surface area contributed by atoms with Crippen LogP contribution in [0.4, 0.5) is 14.6 Å². The van der Waals surface area contributed by atoms with E-state index in [4.69, 9.17) is 4.74 Å². The maximum atomic E-state index is 13.4. The van der Waals surface area contributed by atoms with Crippen molar-refractivity contribution in [3.63, 3.8) is 0 Å². The molecule has 0 aliphatic rings. The topological polar surface area (TPSA) is 51.2 Å². The van der Waals surface area contributed by atoms with E-state index in [2.05, 4.69) is 10.3 Å². The highest BCUT2D eigenvalue weighted by molar-refractivity contribution is 5.89. The van der Waals surface area contributed by atoms with Crippen molar-refractivity contribution in [2.45, 2.75) is 13.3 Å². The Kier molecular flexibility index (Phi) is 4.24. The normalized spacial score (nSPS) is 10.2. The summed E-state index contributed by atoms with van der Waals surface area (Å²) < 4.78 is 31.7. The molecule has 2 aromatic rings. The second kappa shape index (κ2) is 6.10. The lowest BCUT2D eigenvalue weighted by Crippen LogP contribution is -2.10. The molecule has 104 valence electrons. The summed E-state index contributed by atoms with van der Waals surface area (Å²) in [6.07, 6.45) is 1.71. The molecule has 1 aromatic heterocycles. The van der Waals surface area contributed by atoms with Crippen LogP contribution in [-0.4, -0.2) is 10.9 Å². The zero-order chi connectivity index (χ0) is 14.5. The molecule has 0 bridgehead atoms. The minimum atomic E-state index is -0.678. The van der Waals surface area contributed by atoms with E-state index in [1.807, 2.05) is 0 Å². The summed E-state index contributed by atoms with van der Waals surface area (Å²) in [5.41, 5.74) is 0. The third kappa shape index (κ3) is 3.50. The first-order valence-electron chi connectivity index (χ1n) is 5.97. The highest BCUT2D eigenvalue weighted by atomic mass is 19.1. The molecule has 6 heteroatoms. The van der Waals surface area contributed by atoms with Crippen LogP contribution in [0.25, 0.3) is 0 Å². The van der Waals surface area contributed by atoms with Crippen LogP contribution < -0.4 is 10.1 Å². The van der Waals surface area contributed by atoms with Crippen LogP contribution in [0, 0.1) is 11.6 Å². The predicted octanol–water partition coefficient (Wildman–Crippen LogP) is 3.50. The monoisotopic (exact) mass is 278 g/mol. The molecule has 2 rings (SSSR count). The Morgan fingerprint density at radius 2 is 2.10 bits per heavy atom.